The highest BCUT2D eigenvalue weighted by atomic mass is 79.9. The highest BCUT2D eigenvalue weighted by Gasteiger charge is 2.09. The number of aromatic nitrogens is 1. The Morgan fingerprint density at radius 2 is 2.05 bits per heavy atom. The molecule has 1 N–H and O–H groups in total. The smallest absolute Gasteiger partial charge is 0.255 e. The number of pyridine rings is 1. The van der Waals surface area contributed by atoms with E-state index in [2.05, 4.69) is 26.2 Å². The highest BCUT2D eigenvalue weighted by molar-refractivity contribution is 9.10. The van der Waals surface area contributed by atoms with Crippen molar-refractivity contribution in [1.82, 2.24) is 4.98 Å². The Morgan fingerprint density at radius 1 is 1.30 bits per heavy atom. The third-order valence-corrected chi connectivity index (χ3v) is 3.20. The number of rotatable bonds is 3. The summed E-state index contributed by atoms with van der Waals surface area (Å²) in [6.07, 6.45) is 0. The lowest BCUT2D eigenvalue weighted by Crippen LogP contribution is -2.12. The van der Waals surface area contributed by atoms with Gasteiger partial charge in [0.25, 0.3) is 5.91 Å². The number of anilines is 1. The summed E-state index contributed by atoms with van der Waals surface area (Å²) in [5.74, 6) is 0.399. The number of amides is 1. The van der Waals surface area contributed by atoms with E-state index in [0.717, 1.165) is 4.47 Å². The number of methoxy groups -OCH3 is 1. The van der Waals surface area contributed by atoms with E-state index in [1.165, 1.54) is 6.07 Å². The van der Waals surface area contributed by atoms with Crippen LogP contribution in [0.2, 0.25) is 5.15 Å². The molecule has 1 aromatic carbocycles. The number of hydrogen-bond acceptors (Lipinski definition) is 3. The highest BCUT2D eigenvalue weighted by Crippen LogP contribution is 2.25. The monoisotopic (exact) mass is 354 g/mol. The molecule has 0 aliphatic carbocycles. The molecule has 0 saturated heterocycles. The second kappa shape index (κ2) is 6.24. The number of nitrogens with zero attached hydrogens (tertiary/aromatic N) is 1. The fraction of sp³-hybridized carbons (Fsp3) is 0.143. The molecule has 0 saturated carbocycles. The zero-order valence-electron chi connectivity index (χ0n) is 10.9. The summed E-state index contributed by atoms with van der Waals surface area (Å²) in [7, 11) is 1.57. The minimum Gasteiger partial charge on any atom is -0.497 e. The van der Waals surface area contributed by atoms with Crippen molar-refractivity contribution in [2.45, 2.75) is 6.92 Å². The lowest BCUT2D eigenvalue weighted by atomic mass is 10.2. The molecule has 0 bridgehead atoms. The predicted octanol–water partition coefficient (Wildman–Crippen LogP) is 4.07. The molecule has 104 valence electrons. The van der Waals surface area contributed by atoms with E-state index in [9.17, 15) is 4.79 Å². The van der Waals surface area contributed by atoms with E-state index < -0.39 is 0 Å². The van der Waals surface area contributed by atoms with Gasteiger partial charge in [-0.1, -0.05) is 27.5 Å². The van der Waals surface area contributed by atoms with Crippen molar-refractivity contribution in [3.8, 4) is 5.75 Å². The van der Waals surface area contributed by atoms with E-state index >= 15 is 0 Å². The number of nitrogens with one attached hydrogen (secondary N) is 1. The first-order chi connectivity index (χ1) is 9.47. The van der Waals surface area contributed by atoms with Crippen LogP contribution in [0.15, 0.2) is 34.8 Å². The lowest BCUT2D eigenvalue weighted by molar-refractivity contribution is 0.102. The van der Waals surface area contributed by atoms with Crippen molar-refractivity contribution >= 4 is 39.1 Å². The Morgan fingerprint density at radius 3 is 2.70 bits per heavy atom. The normalized spacial score (nSPS) is 10.2. The van der Waals surface area contributed by atoms with Gasteiger partial charge in [0, 0.05) is 27.5 Å². The van der Waals surface area contributed by atoms with Crippen molar-refractivity contribution in [2.24, 2.45) is 0 Å². The summed E-state index contributed by atoms with van der Waals surface area (Å²) in [5.41, 5.74) is 1.78. The summed E-state index contributed by atoms with van der Waals surface area (Å²) in [6.45, 7) is 1.78. The van der Waals surface area contributed by atoms with Gasteiger partial charge in [0.1, 0.15) is 10.9 Å². The second-order valence-electron chi connectivity index (χ2n) is 4.15. The fourth-order valence-corrected chi connectivity index (χ4v) is 2.44. The Labute approximate surface area is 130 Å². The molecule has 0 fully saturated rings. The third kappa shape index (κ3) is 3.71. The van der Waals surface area contributed by atoms with E-state index in [4.69, 9.17) is 16.3 Å². The molecule has 4 nitrogen and oxygen atoms in total. The van der Waals surface area contributed by atoms with Crippen molar-refractivity contribution < 1.29 is 9.53 Å². The molecule has 1 aromatic heterocycles. The van der Waals surface area contributed by atoms with Gasteiger partial charge in [-0.05, 0) is 31.2 Å². The molecular weight excluding hydrogens is 344 g/mol. The van der Waals surface area contributed by atoms with Crippen LogP contribution in [-0.4, -0.2) is 18.0 Å². The maximum atomic E-state index is 12.2. The van der Waals surface area contributed by atoms with Crippen LogP contribution in [0.3, 0.4) is 0 Å². The largest absolute Gasteiger partial charge is 0.497 e. The van der Waals surface area contributed by atoms with Crippen molar-refractivity contribution in [2.75, 3.05) is 12.4 Å². The zero-order valence-corrected chi connectivity index (χ0v) is 13.2. The zero-order chi connectivity index (χ0) is 14.7. The summed E-state index contributed by atoms with van der Waals surface area (Å²) < 4.78 is 5.96. The van der Waals surface area contributed by atoms with Gasteiger partial charge in [-0.3, -0.25) is 4.79 Å². The number of halogens is 2. The molecule has 2 aromatic rings. The Bertz CT molecular complexity index is 641. The minimum atomic E-state index is -0.252. The predicted molar refractivity (Wildman–Crippen MR) is 82.6 cm³/mol. The van der Waals surface area contributed by atoms with Crippen LogP contribution in [0, 0.1) is 6.92 Å². The van der Waals surface area contributed by atoms with Crippen LogP contribution in [0.1, 0.15) is 16.1 Å². The van der Waals surface area contributed by atoms with Gasteiger partial charge in [-0.25, -0.2) is 4.98 Å². The summed E-state index contributed by atoms with van der Waals surface area (Å²) >= 11 is 9.21. The SMILES string of the molecule is COc1cc(Br)cc(NC(=O)c2cc(C)nc(Cl)c2)c1. The van der Waals surface area contributed by atoms with Gasteiger partial charge >= 0.3 is 0 Å². The second-order valence-corrected chi connectivity index (χ2v) is 5.46. The van der Waals surface area contributed by atoms with Crippen LogP contribution >= 0.6 is 27.5 Å². The summed E-state index contributed by atoms with van der Waals surface area (Å²) in [5, 5.41) is 3.09. The average molecular weight is 356 g/mol. The Hall–Kier alpha value is -1.59. The molecule has 1 amide bonds. The van der Waals surface area contributed by atoms with Crippen molar-refractivity contribution in [3.63, 3.8) is 0 Å². The van der Waals surface area contributed by atoms with E-state index in [-0.39, 0.29) is 5.91 Å². The summed E-state index contributed by atoms with van der Waals surface area (Å²) in [4.78, 5) is 16.2. The quantitative estimate of drug-likeness (QED) is 0.845. The van der Waals surface area contributed by atoms with Gasteiger partial charge < -0.3 is 10.1 Å². The molecule has 2 rings (SSSR count). The molecule has 0 atom stereocenters. The number of carbonyl (C=O) groups is 1. The van der Waals surface area contributed by atoms with Gasteiger partial charge in [-0.2, -0.15) is 0 Å². The van der Waals surface area contributed by atoms with Crippen LogP contribution in [0.5, 0.6) is 5.75 Å². The number of benzene rings is 1. The molecule has 0 spiro atoms. The van der Waals surface area contributed by atoms with Crippen LogP contribution < -0.4 is 10.1 Å². The molecule has 0 aliphatic heterocycles. The maximum Gasteiger partial charge on any atom is 0.255 e. The first kappa shape index (κ1) is 14.8. The Balaban J connectivity index is 2.25. The van der Waals surface area contributed by atoms with E-state index in [1.54, 1.807) is 32.2 Å². The number of hydrogen-bond donors (Lipinski definition) is 1. The maximum absolute atomic E-state index is 12.2. The molecule has 20 heavy (non-hydrogen) atoms. The minimum absolute atomic E-state index is 0.252. The third-order valence-electron chi connectivity index (χ3n) is 2.55. The molecule has 0 unspecified atom stereocenters. The van der Waals surface area contributed by atoms with Crippen molar-refractivity contribution in [3.05, 3.63) is 51.2 Å². The van der Waals surface area contributed by atoms with Crippen molar-refractivity contribution in [1.29, 1.82) is 0 Å². The van der Waals surface area contributed by atoms with Crippen LogP contribution in [-0.2, 0) is 0 Å². The number of ether oxygens (including phenoxy) is 1. The van der Waals surface area contributed by atoms with E-state index in [0.29, 0.717) is 27.8 Å². The van der Waals surface area contributed by atoms with Gasteiger partial charge in [0.05, 0.1) is 7.11 Å². The van der Waals surface area contributed by atoms with E-state index in [1.807, 2.05) is 6.07 Å². The van der Waals surface area contributed by atoms with Crippen LogP contribution in [0.4, 0.5) is 5.69 Å². The first-order valence-corrected chi connectivity index (χ1v) is 6.95. The topological polar surface area (TPSA) is 51.2 Å². The molecule has 1 heterocycles. The lowest BCUT2D eigenvalue weighted by Gasteiger charge is -2.09. The van der Waals surface area contributed by atoms with Gasteiger partial charge in [0.15, 0.2) is 0 Å². The standard InChI is InChI=1S/C14H12BrClN2O2/c1-8-3-9(4-13(16)17-8)14(19)18-11-5-10(15)6-12(7-11)20-2/h3-7H,1-2H3,(H,18,19). The Kier molecular flexibility index (Phi) is 4.62. The van der Waals surface area contributed by atoms with Crippen LogP contribution in [0.25, 0.3) is 0 Å². The fourth-order valence-electron chi connectivity index (χ4n) is 1.72. The molecule has 0 aliphatic rings. The number of carbonyl (C=O) groups excluding carboxylic acids is 1. The molecule has 0 radical (unpaired) electrons. The van der Waals surface area contributed by atoms with Gasteiger partial charge in [0.2, 0.25) is 0 Å². The van der Waals surface area contributed by atoms with Gasteiger partial charge in [-0.15, -0.1) is 0 Å². The average Bonchev–Trinajstić information content (AvgIpc) is 2.36. The first-order valence-electron chi connectivity index (χ1n) is 5.78. The summed E-state index contributed by atoms with van der Waals surface area (Å²) in [6, 6.07) is 8.53. The molecule has 6 heteroatoms. The number of aryl methyl sites for hydroxylation is 1. The molecular formula is C14H12BrClN2O2.